The normalized spacial score (nSPS) is 33.4. The van der Waals surface area contributed by atoms with E-state index in [1.54, 1.807) is 0 Å². The Balaban J connectivity index is 1.59. The standard InChI is InChI=1S/C22H40/c1-3-5-11-21-13-8-9-14-22(21)12-7-6-10-20-17-15-19(4-2)16-18-20/h3,5,19-22H,4,6-18H2,1-2H3. The number of allylic oxidation sites excluding steroid dienone is 2. The van der Waals surface area contributed by atoms with Crippen molar-refractivity contribution in [2.75, 3.05) is 0 Å². The van der Waals surface area contributed by atoms with E-state index in [0.29, 0.717) is 0 Å². The summed E-state index contributed by atoms with van der Waals surface area (Å²) >= 11 is 0. The lowest BCUT2D eigenvalue weighted by atomic mass is 9.74. The second-order valence-corrected chi connectivity index (χ2v) is 8.19. The summed E-state index contributed by atoms with van der Waals surface area (Å²) in [5.41, 5.74) is 0. The fourth-order valence-electron chi connectivity index (χ4n) is 5.05. The van der Waals surface area contributed by atoms with Crippen LogP contribution in [0.1, 0.15) is 104 Å². The van der Waals surface area contributed by atoms with Crippen molar-refractivity contribution in [2.45, 2.75) is 104 Å². The van der Waals surface area contributed by atoms with Gasteiger partial charge in [-0.3, -0.25) is 0 Å². The summed E-state index contributed by atoms with van der Waals surface area (Å²) in [6.45, 7) is 4.55. The lowest BCUT2D eigenvalue weighted by Crippen LogP contribution is -2.19. The summed E-state index contributed by atoms with van der Waals surface area (Å²) < 4.78 is 0. The predicted molar refractivity (Wildman–Crippen MR) is 99.1 cm³/mol. The molecule has 0 aromatic rings. The summed E-state index contributed by atoms with van der Waals surface area (Å²) in [6.07, 6.45) is 25.6. The van der Waals surface area contributed by atoms with Crippen LogP contribution in [0.25, 0.3) is 0 Å². The molecule has 2 saturated carbocycles. The van der Waals surface area contributed by atoms with Crippen LogP contribution in [0, 0.1) is 23.7 Å². The molecule has 0 radical (unpaired) electrons. The summed E-state index contributed by atoms with van der Waals surface area (Å²) in [6, 6.07) is 0. The van der Waals surface area contributed by atoms with Gasteiger partial charge in [-0.15, -0.1) is 0 Å². The van der Waals surface area contributed by atoms with Gasteiger partial charge in [0.05, 0.1) is 0 Å². The minimum atomic E-state index is 1.00. The highest BCUT2D eigenvalue weighted by Gasteiger charge is 2.24. The Kier molecular flexibility index (Phi) is 8.63. The average Bonchev–Trinajstić information content (AvgIpc) is 2.58. The van der Waals surface area contributed by atoms with Gasteiger partial charge in [0.25, 0.3) is 0 Å². The van der Waals surface area contributed by atoms with Crippen molar-refractivity contribution in [1.82, 2.24) is 0 Å². The maximum absolute atomic E-state index is 2.41. The van der Waals surface area contributed by atoms with Gasteiger partial charge in [0.15, 0.2) is 0 Å². The van der Waals surface area contributed by atoms with E-state index in [0.717, 1.165) is 23.7 Å². The van der Waals surface area contributed by atoms with Gasteiger partial charge in [0.1, 0.15) is 0 Å². The Hall–Kier alpha value is -0.260. The quantitative estimate of drug-likeness (QED) is 0.321. The topological polar surface area (TPSA) is 0 Å². The van der Waals surface area contributed by atoms with Gasteiger partial charge in [-0.2, -0.15) is 0 Å². The largest absolute Gasteiger partial charge is 0.0917 e. The molecule has 0 aromatic heterocycles. The average molecular weight is 305 g/mol. The summed E-state index contributed by atoms with van der Waals surface area (Å²) in [4.78, 5) is 0. The lowest BCUT2D eigenvalue weighted by molar-refractivity contribution is 0.213. The minimum Gasteiger partial charge on any atom is -0.0917 e. The SMILES string of the molecule is CC=CCC1CCCCC1CCCCC1CCC(CC)CC1. The van der Waals surface area contributed by atoms with Crippen LogP contribution >= 0.6 is 0 Å². The third-order valence-electron chi connectivity index (χ3n) is 6.72. The monoisotopic (exact) mass is 304 g/mol. The minimum absolute atomic E-state index is 1.00. The van der Waals surface area contributed by atoms with Gasteiger partial charge in [0.2, 0.25) is 0 Å². The highest BCUT2D eigenvalue weighted by molar-refractivity contribution is 4.85. The van der Waals surface area contributed by atoms with E-state index >= 15 is 0 Å². The van der Waals surface area contributed by atoms with Crippen LogP contribution in [-0.4, -0.2) is 0 Å². The summed E-state index contributed by atoms with van der Waals surface area (Å²) in [7, 11) is 0. The molecule has 0 amide bonds. The molecule has 128 valence electrons. The van der Waals surface area contributed by atoms with Crippen LogP contribution in [0.4, 0.5) is 0 Å². The van der Waals surface area contributed by atoms with E-state index in [-0.39, 0.29) is 0 Å². The van der Waals surface area contributed by atoms with Gasteiger partial charge in [-0.05, 0) is 43.4 Å². The molecule has 22 heavy (non-hydrogen) atoms. The van der Waals surface area contributed by atoms with Gasteiger partial charge in [-0.1, -0.05) is 96.1 Å². The first kappa shape index (κ1) is 18.1. The zero-order chi connectivity index (χ0) is 15.6. The molecule has 0 heterocycles. The molecular formula is C22H40. The smallest absolute Gasteiger partial charge is 0.0320 e. The first-order valence-electron chi connectivity index (χ1n) is 10.4. The first-order valence-corrected chi connectivity index (χ1v) is 10.4. The van der Waals surface area contributed by atoms with Crippen molar-refractivity contribution >= 4 is 0 Å². The van der Waals surface area contributed by atoms with Gasteiger partial charge in [0, 0.05) is 0 Å². The Morgan fingerprint density at radius 2 is 1.41 bits per heavy atom. The molecule has 0 nitrogen and oxygen atoms in total. The van der Waals surface area contributed by atoms with Crippen molar-refractivity contribution in [3.63, 3.8) is 0 Å². The number of unbranched alkanes of at least 4 members (excludes halogenated alkanes) is 1. The molecular weight excluding hydrogens is 264 g/mol. The number of rotatable bonds is 8. The van der Waals surface area contributed by atoms with Crippen LogP contribution in [0.5, 0.6) is 0 Å². The molecule has 2 rings (SSSR count). The van der Waals surface area contributed by atoms with Gasteiger partial charge >= 0.3 is 0 Å². The fraction of sp³-hybridized carbons (Fsp3) is 0.909. The van der Waals surface area contributed by atoms with Crippen molar-refractivity contribution in [2.24, 2.45) is 23.7 Å². The van der Waals surface area contributed by atoms with Crippen LogP contribution in [-0.2, 0) is 0 Å². The zero-order valence-corrected chi connectivity index (χ0v) is 15.4. The molecule has 2 atom stereocenters. The molecule has 0 aliphatic heterocycles. The zero-order valence-electron chi connectivity index (χ0n) is 15.4. The second-order valence-electron chi connectivity index (χ2n) is 8.19. The third kappa shape index (κ3) is 6.09. The Labute approximate surface area is 140 Å². The van der Waals surface area contributed by atoms with E-state index in [4.69, 9.17) is 0 Å². The van der Waals surface area contributed by atoms with Crippen molar-refractivity contribution in [3.8, 4) is 0 Å². The van der Waals surface area contributed by atoms with Crippen molar-refractivity contribution < 1.29 is 0 Å². The third-order valence-corrected chi connectivity index (χ3v) is 6.72. The molecule has 0 saturated heterocycles. The molecule has 0 N–H and O–H groups in total. The Bertz CT molecular complexity index is 295. The highest BCUT2D eigenvalue weighted by atomic mass is 14.3. The van der Waals surface area contributed by atoms with E-state index in [1.807, 2.05) is 0 Å². The molecule has 2 unspecified atom stereocenters. The molecule has 0 bridgehead atoms. The van der Waals surface area contributed by atoms with Crippen LogP contribution in [0.3, 0.4) is 0 Å². The predicted octanol–water partition coefficient (Wildman–Crippen LogP) is 7.54. The molecule has 2 aliphatic carbocycles. The number of hydrogen-bond donors (Lipinski definition) is 0. The Morgan fingerprint density at radius 3 is 2.09 bits per heavy atom. The highest BCUT2D eigenvalue weighted by Crippen LogP contribution is 2.37. The van der Waals surface area contributed by atoms with Gasteiger partial charge in [-0.25, -0.2) is 0 Å². The molecule has 0 heteroatoms. The first-order chi connectivity index (χ1) is 10.8. The summed E-state index contributed by atoms with van der Waals surface area (Å²) in [5.74, 6) is 4.18. The van der Waals surface area contributed by atoms with E-state index in [9.17, 15) is 0 Å². The molecule has 0 aromatic carbocycles. The van der Waals surface area contributed by atoms with Crippen molar-refractivity contribution in [3.05, 3.63) is 12.2 Å². The van der Waals surface area contributed by atoms with Crippen molar-refractivity contribution in [1.29, 1.82) is 0 Å². The number of hydrogen-bond acceptors (Lipinski definition) is 0. The maximum Gasteiger partial charge on any atom is -0.0320 e. The molecule has 0 spiro atoms. The fourth-order valence-corrected chi connectivity index (χ4v) is 5.05. The van der Waals surface area contributed by atoms with Crippen LogP contribution in [0.15, 0.2) is 12.2 Å². The van der Waals surface area contributed by atoms with Crippen LogP contribution < -0.4 is 0 Å². The molecule has 2 aliphatic rings. The Morgan fingerprint density at radius 1 is 0.773 bits per heavy atom. The second kappa shape index (κ2) is 10.5. The van der Waals surface area contributed by atoms with Crippen LogP contribution in [0.2, 0.25) is 0 Å². The maximum atomic E-state index is 2.41. The lowest BCUT2D eigenvalue weighted by Gasteiger charge is -2.31. The van der Waals surface area contributed by atoms with E-state index in [1.165, 1.54) is 89.9 Å². The van der Waals surface area contributed by atoms with E-state index < -0.39 is 0 Å². The van der Waals surface area contributed by atoms with Gasteiger partial charge < -0.3 is 0 Å². The molecule has 2 fully saturated rings. The van der Waals surface area contributed by atoms with E-state index in [2.05, 4.69) is 26.0 Å². The summed E-state index contributed by atoms with van der Waals surface area (Å²) in [5, 5.41) is 0.